The number of halogens is 1. The van der Waals surface area contributed by atoms with Crippen LogP contribution < -0.4 is 14.2 Å². The van der Waals surface area contributed by atoms with Gasteiger partial charge in [0.25, 0.3) is 0 Å². The normalized spacial score (nSPS) is 19.4. The van der Waals surface area contributed by atoms with Crippen molar-refractivity contribution in [1.29, 1.82) is 5.26 Å². The fraction of sp³-hybridized carbons (Fsp3) is 0.576. The van der Waals surface area contributed by atoms with Gasteiger partial charge < -0.3 is 19.1 Å². The smallest absolute Gasteiger partial charge is 0.203 e. The van der Waals surface area contributed by atoms with Crippen LogP contribution in [0.15, 0.2) is 30.3 Å². The third-order valence-corrected chi connectivity index (χ3v) is 9.75. The molecule has 2 fully saturated rings. The number of benzene rings is 2. The summed E-state index contributed by atoms with van der Waals surface area (Å²) in [6.45, 7) is 4.27. The van der Waals surface area contributed by atoms with Gasteiger partial charge >= 0.3 is 0 Å². The molecule has 1 N–H and O–H groups in total. The van der Waals surface area contributed by atoms with E-state index in [2.05, 4.69) is 28.1 Å². The van der Waals surface area contributed by atoms with Gasteiger partial charge in [-0.1, -0.05) is 19.3 Å². The van der Waals surface area contributed by atoms with Crippen molar-refractivity contribution in [2.24, 2.45) is 5.92 Å². The molecule has 1 saturated heterocycles. The first-order valence-electron chi connectivity index (χ1n) is 15.0. The molecular formula is C33H43FN4O3. The Kier molecular flexibility index (Phi) is 9.03. The fourth-order valence-corrected chi connectivity index (χ4v) is 7.29. The molecule has 5 rings (SSSR count). The number of aromatic amines is 1. The van der Waals surface area contributed by atoms with Gasteiger partial charge in [0.2, 0.25) is 5.75 Å². The van der Waals surface area contributed by atoms with E-state index < -0.39 is 5.41 Å². The molecule has 1 aromatic heterocycles. The average molecular weight is 563 g/mol. The van der Waals surface area contributed by atoms with Gasteiger partial charge in [-0.3, -0.25) is 5.10 Å². The van der Waals surface area contributed by atoms with Crippen molar-refractivity contribution >= 4 is 10.9 Å². The number of methoxy groups -OCH3 is 3. The minimum atomic E-state index is -0.621. The molecule has 7 nitrogen and oxygen atoms in total. The molecule has 3 aromatic rings. The summed E-state index contributed by atoms with van der Waals surface area (Å²) in [5, 5.41) is 19.5. The largest absolute Gasteiger partial charge is 0.493 e. The van der Waals surface area contributed by atoms with Crippen LogP contribution in [0.5, 0.6) is 17.2 Å². The number of fused-ring (bicyclic) bond motifs is 1. The van der Waals surface area contributed by atoms with Crippen LogP contribution in [0.25, 0.3) is 10.9 Å². The number of nitrogens with one attached hydrogen (secondary N) is 1. The summed E-state index contributed by atoms with van der Waals surface area (Å²) in [6.07, 6.45) is 9.45. The Bertz CT molecular complexity index is 1350. The first-order chi connectivity index (χ1) is 19.9. The van der Waals surface area contributed by atoms with E-state index in [4.69, 9.17) is 14.2 Å². The molecule has 0 spiro atoms. The van der Waals surface area contributed by atoms with Crippen molar-refractivity contribution in [3.05, 3.63) is 47.4 Å². The van der Waals surface area contributed by atoms with E-state index in [1.165, 1.54) is 18.6 Å². The van der Waals surface area contributed by atoms with E-state index in [9.17, 15) is 9.65 Å². The minimum Gasteiger partial charge on any atom is -0.493 e. The quantitative estimate of drug-likeness (QED) is 0.283. The molecule has 0 radical (unpaired) electrons. The van der Waals surface area contributed by atoms with Gasteiger partial charge in [0.1, 0.15) is 5.82 Å². The summed E-state index contributed by atoms with van der Waals surface area (Å²) in [6, 6.07) is 12.0. The molecule has 1 aliphatic heterocycles. The number of nitriles is 1. The van der Waals surface area contributed by atoms with Crippen LogP contribution in [0.4, 0.5) is 4.39 Å². The van der Waals surface area contributed by atoms with Gasteiger partial charge in [-0.15, -0.1) is 0 Å². The second-order valence-electron chi connectivity index (χ2n) is 11.8. The van der Waals surface area contributed by atoms with Crippen LogP contribution in [-0.2, 0) is 5.41 Å². The van der Waals surface area contributed by atoms with E-state index in [1.54, 1.807) is 21.3 Å². The summed E-state index contributed by atoms with van der Waals surface area (Å²) < 4.78 is 30.6. The number of piperidine rings is 1. The molecule has 2 unspecified atom stereocenters. The number of hydrogen-bond acceptors (Lipinski definition) is 6. The number of H-pyrrole nitrogens is 1. The Morgan fingerprint density at radius 2 is 1.71 bits per heavy atom. The number of ether oxygens (including phenoxy) is 3. The zero-order valence-corrected chi connectivity index (χ0v) is 24.8. The third-order valence-electron chi connectivity index (χ3n) is 9.75. The molecule has 220 valence electrons. The van der Waals surface area contributed by atoms with Gasteiger partial charge in [-0.25, -0.2) is 4.39 Å². The number of likely N-dealkylation sites (tertiary alicyclic amines) is 1. The highest BCUT2D eigenvalue weighted by Gasteiger charge is 2.43. The number of aromatic nitrogens is 2. The lowest BCUT2D eigenvalue weighted by atomic mass is 9.63. The third kappa shape index (κ3) is 5.74. The van der Waals surface area contributed by atoms with E-state index in [1.807, 2.05) is 18.2 Å². The molecule has 1 saturated carbocycles. The summed E-state index contributed by atoms with van der Waals surface area (Å²) in [5.74, 6) is 2.17. The highest BCUT2D eigenvalue weighted by atomic mass is 19.1. The summed E-state index contributed by atoms with van der Waals surface area (Å²) in [5.41, 5.74) is 2.16. The molecule has 0 bridgehead atoms. The fourth-order valence-electron chi connectivity index (χ4n) is 7.29. The summed E-state index contributed by atoms with van der Waals surface area (Å²) in [7, 11) is 4.87. The van der Waals surface area contributed by atoms with Gasteiger partial charge in [-0.05, 0) is 94.3 Å². The Hall–Kier alpha value is -3.31. The molecule has 0 amide bonds. The van der Waals surface area contributed by atoms with Crippen molar-refractivity contribution in [3.8, 4) is 23.3 Å². The van der Waals surface area contributed by atoms with E-state index in [-0.39, 0.29) is 5.82 Å². The van der Waals surface area contributed by atoms with Crippen molar-refractivity contribution in [2.75, 3.05) is 34.4 Å². The monoisotopic (exact) mass is 562 g/mol. The molecule has 41 heavy (non-hydrogen) atoms. The van der Waals surface area contributed by atoms with Crippen LogP contribution in [0.1, 0.15) is 81.9 Å². The average Bonchev–Trinajstić information content (AvgIpc) is 3.44. The van der Waals surface area contributed by atoms with Gasteiger partial charge in [-0.2, -0.15) is 10.4 Å². The predicted octanol–water partition coefficient (Wildman–Crippen LogP) is 7.12. The number of hydrogen-bond donors (Lipinski definition) is 1. The Morgan fingerprint density at radius 3 is 2.32 bits per heavy atom. The maximum absolute atomic E-state index is 13.6. The second kappa shape index (κ2) is 12.7. The SMILES string of the molecule is COc1cc(C(C#N)(CCC(C)N2CCC(c3[nH]nc4cc(F)ccc34)CC2)C2CCCCC2)cc(OC)c1OC. The summed E-state index contributed by atoms with van der Waals surface area (Å²) >= 11 is 0. The Morgan fingerprint density at radius 1 is 1.02 bits per heavy atom. The lowest BCUT2D eigenvalue weighted by Gasteiger charge is -2.41. The van der Waals surface area contributed by atoms with Crippen molar-refractivity contribution in [2.45, 2.75) is 82.1 Å². The Balaban J connectivity index is 1.33. The molecule has 2 aliphatic rings. The van der Waals surface area contributed by atoms with E-state index >= 15 is 0 Å². The van der Waals surface area contributed by atoms with Crippen molar-refractivity contribution < 1.29 is 18.6 Å². The molecular weight excluding hydrogens is 519 g/mol. The topological polar surface area (TPSA) is 83.4 Å². The van der Waals surface area contributed by atoms with Crippen LogP contribution in [0.2, 0.25) is 0 Å². The number of nitrogens with zero attached hydrogens (tertiary/aromatic N) is 3. The second-order valence-corrected chi connectivity index (χ2v) is 11.8. The van der Waals surface area contributed by atoms with Crippen LogP contribution >= 0.6 is 0 Å². The molecule has 2 atom stereocenters. The Labute approximate surface area is 243 Å². The maximum atomic E-state index is 13.6. The van der Waals surface area contributed by atoms with Crippen molar-refractivity contribution in [3.63, 3.8) is 0 Å². The van der Waals surface area contributed by atoms with Gasteiger partial charge in [0, 0.05) is 29.1 Å². The molecule has 1 aliphatic carbocycles. The highest BCUT2D eigenvalue weighted by Crippen LogP contribution is 2.49. The lowest BCUT2D eigenvalue weighted by Crippen LogP contribution is -2.42. The predicted molar refractivity (Wildman–Crippen MR) is 158 cm³/mol. The maximum Gasteiger partial charge on any atom is 0.203 e. The highest BCUT2D eigenvalue weighted by molar-refractivity contribution is 5.81. The van der Waals surface area contributed by atoms with Gasteiger partial charge in [0.05, 0.1) is 38.3 Å². The van der Waals surface area contributed by atoms with Crippen LogP contribution in [0, 0.1) is 23.1 Å². The number of rotatable bonds is 10. The lowest BCUT2D eigenvalue weighted by molar-refractivity contribution is 0.140. The minimum absolute atomic E-state index is 0.257. The van der Waals surface area contributed by atoms with Crippen molar-refractivity contribution in [1.82, 2.24) is 15.1 Å². The van der Waals surface area contributed by atoms with Crippen LogP contribution in [0.3, 0.4) is 0 Å². The zero-order valence-electron chi connectivity index (χ0n) is 24.8. The molecule has 8 heteroatoms. The van der Waals surface area contributed by atoms with E-state index in [0.717, 1.165) is 81.1 Å². The first-order valence-corrected chi connectivity index (χ1v) is 15.0. The standard InChI is InChI=1S/C33H43FN4O3/c1-22(38-16-13-23(14-17-38)31-27-11-10-26(34)20-28(27)36-37-31)12-15-33(21-35,24-8-6-5-7-9-24)25-18-29(39-2)32(41-4)30(19-25)40-3/h10-11,18-20,22-24H,5-9,12-17H2,1-4H3,(H,36,37). The first kappa shape index (κ1) is 29.2. The zero-order chi connectivity index (χ0) is 29.0. The van der Waals surface area contributed by atoms with E-state index in [0.29, 0.717) is 40.6 Å². The van der Waals surface area contributed by atoms with Crippen LogP contribution in [-0.4, -0.2) is 55.6 Å². The molecule has 2 heterocycles. The summed E-state index contributed by atoms with van der Waals surface area (Å²) in [4.78, 5) is 2.56. The molecule has 2 aromatic carbocycles. The van der Waals surface area contributed by atoms with Gasteiger partial charge in [0.15, 0.2) is 11.5 Å².